The first-order chi connectivity index (χ1) is 14.3. The van der Waals surface area contributed by atoms with E-state index in [2.05, 4.69) is 10.2 Å². The molecule has 0 spiro atoms. The zero-order valence-electron chi connectivity index (χ0n) is 16.5. The maximum absolute atomic E-state index is 12.9. The minimum absolute atomic E-state index is 0.289. The van der Waals surface area contributed by atoms with Crippen LogP contribution in [-0.2, 0) is 26.0 Å². The highest BCUT2D eigenvalue weighted by Gasteiger charge is 2.27. The van der Waals surface area contributed by atoms with Crippen LogP contribution in [0.1, 0.15) is 5.56 Å². The van der Waals surface area contributed by atoms with Crippen molar-refractivity contribution in [2.24, 2.45) is 0 Å². The Kier molecular flexibility index (Phi) is 7.17. The van der Waals surface area contributed by atoms with Crippen LogP contribution in [0.3, 0.4) is 0 Å². The first-order valence-corrected chi connectivity index (χ1v) is 11.4. The first-order valence-electron chi connectivity index (χ1n) is 9.61. The van der Waals surface area contributed by atoms with Crippen molar-refractivity contribution in [3.05, 3.63) is 66.0 Å². The van der Waals surface area contributed by atoms with E-state index in [-0.39, 0.29) is 5.69 Å². The number of amides is 2. The van der Waals surface area contributed by atoms with Crippen LogP contribution in [0, 0.1) is 5.82 Å². The van der Waals surface area contributed by atoms with Crippen molar-refractivity contribution < 1.29 is 22.4 Å². The number of benzene rings is 2. The van der Waals surface area contributed by atoms with Gasteiger partial charge in [0.2, 0.25) is 11.8 Å². The third-order valence-corrected chi connectivity index (χ3v) is 6.19. The molecule has 2 aromatic rings. The number of sulfone groups is 1. The molecule has 0 saturated carbocycles. The molecule has 1 aliphatic rings. The molecule has 9 heteroatoms. The first kappa shape index (κ1) is 21.9. The minimum atomic E-state index is -3.91. The van der Waals surface area contributed by atoms with Crippen LogP contribution in [0.15, 0.2) is 54.6 Å². The van der Waals surface area contributed by atoms with Gasteiger partial charge in [-0.1, -0.05) is 30.3 Å². The number of halogens is 1. The number of hydrogen-bond acceptors (Lipinski definition) is 5. The van der Waals surface area contributed by atoms with Gasteiger partial charge < -0.3 is 10.2 Å². The summed E-state index contributed by atoms with van der Waals surface area (Å²) in [6.07, 6.45) is 0. The lowest BCUT2D eigenvalue weighted by Gasteiger charge is -2.34. The van der Waals surface area contributed by atoms with E-state index < -0.39 is 39.0 Å². The van der Waals surface area contributed by atoms with Gasteiger partial charge in [0.1, 0.15) is 17.3 Å². The predicted molar refractivity (Wildman–Crippen MR) is 112 cm³/mol. The number of nitrogens with one attached hydrogen (secondary N) is 1. The van der Waals surface area contributed by atoms with Gasteiger partial charge in [0.05, 0.1) is 0 Å². The van der Waals surface area contributed by atoms with E-state index in [1.807, 2.05) is 30.3 Å². The molecule has 0 unspecified atom stereocenters. The van der Waals surface area contributed by atoms with Gasteiger partial charge in [-0.05, 0) is 29.8 Å². The van der Waals surface area contributed by atoms with E-state index in [9.17, 15) is 22.4 Å². The zero-order chi connectivity index (χ0) is 21.6. The fourth-order valence-corrected chi connectivity index (χ4v) is 4.39. The van der Waals surface area contributed by atoms with Crippen LogP contribution >= 0.6 is 0 Å². The zero-order valence-corrected chi connectivity index (χ0v) is 17.3. The van der Waals surface area contributed by atoms with E-state index in [4.69, 9.17) is 0 Å². The summed E-state index contributed by atoms with van der Waals surface area (Å²) < 4.78 is 37.4. The van der Waals surface area contributed by atoms with E-state index in [1.165, 1.54) is 22.6 Å². The largest absolute Gasteiger partial charge is 0.339 e. The van der Waals surface area contributed by atoms with Gasteiger partial charge in [-0.3, -0.25) is 14.5 Å². The molecule has 1 N–H and O–H groups in total. The lowest BCUT2D eigenvalue weighted by Crippen LogP contribution is -2.50. The third-order valence-electron chi connectivity index (χ3n) is 4.80. The molecule has 1 fully saturated rings. The van der Waals surface area contributed by atoms with Crippen molar-refractivity contribution in [1.29, 1.82) is 0 Å². The molecule has 0 aromatic heterocycles. The highest BCUT2D eigenvalue weighted by Crippen LogP contribution is 2.11. The predicted octanol–water partition coefficient (Wildman–Crippen LogP) is 1.52. The molecular weight excluding hydrogens is 409 g/mol. The van der Waals surface area contributed by atoms with Crippen molar-refractivity contribution >= 4 is 27.3 Å². The molecule has 160 valence electrons. The summed E-state index contributed by atoms with van der Waals surface area (Å²) in [7, 11) is -3.91. The summed E-state index contributed by atoms with van der Waals surface area (Å²) in [4.78, 5) is 28.1. The van der Waals surface area contributed by atoms with Gasteiger partial charge in [0.25, 0.3) is 0 Å². The summed E-state index contributed by atoms with van der Waals surface area (Å²) >= 11 is 0. The lowest BCUT2D eigenvalue weighted by molar-refractivity contribution is -0.130. The van der Waals surface area contributed by atoms with Crippen molar-refractivity contribution in [2.45, 2.75) is 6.54 Å². The van der Waals surface area contributed by atoms with E-state index in [0.29, 0.717) is 26.2 Å². The van der Waals surface area contributed by atoms with Gasteiger partial charge in [-0.15, -0.1) is 0 Å². The fourth-order valence-electron chi connectivity index (χ4n) is 3.26. The smallest absolute Gasteiger partial charge is 0.239 e. The maximum Gasteiger partial charge on any atom is 0.239 e. The summed E-state index contributed by atoms with van der Waals surface area (Å²) in [6, 6.07) is 15.0. The molecule has 7 nitrogen and oxygen atoms in total. The lowest BCUT2D eigenvalue weighted by atomic mass is 10.2. The normalized spacial score (nSPS) is 15.0. The molecule has 30 heavy (non-hydrogen) atoms. The van der Waals surface area contributed by atoms with Gasteiger partial charge in [0, 0.05) is 38.4 Å². The number of nitrogens with zero attached hydrogens (tertiary/aromatic N) is 2. The Morgan fingerprint density at radius 3 is 2.17 bits per heavy atom. The van der Waals surface area contributed by atoms with Crippen LogP contribution in [-0.4, -0.2) is 67.7 Å². The average Bonchev–Trinajstić information content (AvgIpc) is 2.70. The molecule has 0 atom stereocenters. The highest BCUT2D eigenvalue weighted by atomic mass is 32.2. The highest BCUT2D eigenvalue weighted by molar-refractivity contribution is 7.92. The Hall–Kier alpha value is -2.78. The van der Waals surface area contributed by atoms with Crippen molar-refractivity contribution in [3.8, 4) is 0 Å². The number of carbonyl (C=O) groups excluding carboxylic acids is 2. The quantitative estimate of drug-likeness (QED) is 0.716. The van der Waals surface area contributed by atoms with E-state index in [0.717, 1.165) is 18.7 Å². The van der Waals surface area contributed by atoms with E-state index in [1.54, 1.807) is 0 Å². The Morgan fingerprint density at radius 2 is 1.53 bits per heavy atom. The molecule has 0 bridgehead atoms. The van der Waals surface area contributed by atoms with Crippen LogP contribution in [0.4, 0.5) is 10.1 Å². The van der Waals surface area contributed by atoms with Crippen molar-refractivity contribution in [2.75, 3.05) is 43.0 Å². The Labute approximate surface area is 175 Å². The number of anilines is 1. The molecule has 3 rings (SSSR count). The second-order valence-electron chi connectivity index (χ2n) is 7.23. The van der Waals surface area contributed by atoms with Gasteiger partial charge in [0.15, 0.2) is 9.84 Å². The summed E-state index contributed by atoms with van der Waals surface area (Å²) in [5.41, 5.74) is 1.48. The molecule has 1 aliphatic heterocycles. The average molecular weight is 434 g/mol. The Balaban J connectivity index is 1.45. The fraction of sp³-hybridized carbons (Fsp3) is 0.333. The minimum Gasteiger partial charge on any atom is -0.339 e. The van der Waals surface area contributed by atoms with Gasteiger partial charge in [-0.25, -0.2) is 12.8 Å². The van der Waals surface area contributed by atoms with E-state index >= 15 is 0 Å². The topological polar surface area (TPSA) is 86.8 Å². The Morgan fingerprint density at radius 1 is 0.900 bits per heavy atom. The number of piperazine rings is 1. The monoisotopic (exact) mass is 433 g/mol. The second kappa shape index (κ2) is 9.82. The molecule has 2 aromatic carbocycles. The molecule has 1 saturated heterocycles. The van der Waals surface area contributed by atoms with Crippen LogP contribution in [0.25, 0.3) is 0 Å². The van der Waals surface area contributed by atoms with Crippen molar-refractivity contribution in [1.82, 2.24) is 9.80 Å². The Bertz CT molecular complexity index is 973. The second-order valence-corrected chi connectivity index (χ2v) is 9.29. The third kappa shape index (κ3) is 6.64. The number of carbonyl (C=O) groups is 2. The number of rotatable bonds is 7. The van der Waals surface area contributed by atoms with Crippen molar-refractivity contribution in [3.63, 3.8) is 0 Å². The summed E-state index contributed by atoms with van der Waals surface area (Å²) in [6.45, 7) is 2.99. The number of hydrogen-bond donors (Lipinski definition) is 1. The molecule has 1 heterocycles. The molecular formula is C21H24FN3O4S. The van der Waals surface area contributed by atoms with Gasteiger partial charge in [-0.2, -0.15) is 0 Å². The molecule has 0 aliphatic carbocycles. The standard InChI is InChI=1S/C21H24FN3O4S/c22-18-6-8-19(9-7-18)23-20(26)15-30(28,29)16-21(27)25-12-10-24(11-13-25)14-17-4-2-1-3-5-17/h1-9H,10-16H2,(H,23,26). The molecule has 2 amide bonds. The molecule has 0 radical (unpaired) electrons. The summed E-state index contributed by atoms with van der Waals surface area (Å²) in [5, 5.41) is 2.39. The summed E-state index contributed by atoms with van der Waals surface area (Å²) in [5.74, 6) is -3.23. The SMILES string of the molecule is O=C(CS(=O)(=O)CC(=O)N1CCN(Cc2ccccc2)CC1)Nc1ccc(F)cc1. The van der Waals surface area contributed by atoms with Crippen LogP contribution in [0.5, 0.6) is 0 Å². The van der Waals surface area contributed by atoms with Crippen LogP contribution < -0.4 is 5.32 Å². The maximum atomic E-state index is 12.9. The van der Waals surface area contributed by atoms with Gasteiger partial charge >= 0.3 is 0 Å². The van der Waals surface area contributed by atoms with Crippen LogP contribution in [0.2, 0.25) is 0 Å².